The van der Waals surface area contributed by atoms with Crippen LogP contribution in [-0.4, -0.2) is 11.1 Å². The minimum absolute atomic E-state index is 0.0278. The molecule has 1 rings (SSSR count). The van der Waals surface area contributed by atoms with Crippen molar-refractivity contribution in [3.8, 4) is 0 Å². The fourth-order valence-corrected chi connectivity index (χ4v) is 0.503. The van der Waals surface area contributed by atoms with E-state index in [0.29, 0.717) is 0 Å². The summed E-state index contributed by atoms with van der Waals surface area (Å²) in [5.41, 5.74) is 4.80. The molecular formula is C4H3ClN2O2. The van der Waals surface area contributed by atoms with E-state index in [1.165, 1.54) is 6.07 Å². The second kappa shape index (κ2) is 2.06. The molecule has 0 aliphatic rings. The number of amides is 1. The van der Waals surface area contributed by atoms with Gasteiger partial charge in [0.05, 0.1) is 0 Å². The third-order valence-electron chi connectivity index (χ3n) is 0.724. The summed E-state index contributed by atoms with van der Waals surface area (Å²) >= 11 is 5.29. The van der Waals surface area contributed by atoms with E-state index in [-0.39, 0.29) is 10.9 Å². The van der Waals surface area contributed by atoms with E-state index in [0.717, 1.165) is 0 Å². The van der Waals surface area contributed by atoms with Gasteiger partial charge in [-0.25, -0.2) is 0 Å². The number of hydrogen-bond acceptors (Lipinski definition) is 3. The number of nitrogens with zero attached hydrogens (tertiary/aromatic N) is 1. The molecule has 1 heterocycles. The van der Waals surface area contributed by atoms with E-state index < -0.39 is 5.91 Å². The number of hydrogen-bond donors (Lipinski definition) is 1. The van der Waals surface area contributed by atoms with Gasteiger partial charge in [0, 0.05) is 6.07 Å². The van der Waals surface area contributed by atoms with E-state index in [1.807, 2.05) is 0 Å². The Morgan fingerprint density at radius 3 is 2.78 bits per heavy atom. The average Bonchev–Trinajstić information content (AvgIpc) is 2.14. The standard InChI is InChI=1S/C4H3ClN2O2/c5-3-1-2(4(6)8)9-7-3/h1H,(H2,6,8). The summed E-state index contributed by atoms with van der Waals surface area (Å²) in [6, 6.07) is 1.25. The fraction of sp³-hybridized carbons (Fsp3) is 0. The van der Waals surface area contributed by atoms with Crippen LogP contribution in [0.15, 0.2) is 10.6 Å². The van der Waals surface area contributed by atoms with E-state index >= 15 is 0 Å². The summed E-state index contributed by atoms with van der Waals surface area (Å²) in [5, 5.41) is 3.36. The van der Waals surface area contributed by atoms with E-state index in [9.17, 15) is 4.79 Å². The van der Waals surface area contributed by atoms with Crippen LogP contribution >= 0.6 is 11.6 Å². The molecular weight excluding hydrogens is 144 g/mol. The first-order chi connectivity index (χ1) is 4.20. The van der Waals surface area contributed by atoms with Crippen molar-refractivity contribution in [3.63, 3.8) is 0 Å². The minimum Gasteiger partial charge on any atom is -0.363 e. The van der Waals surface area contributed by atoms with Gasteiger partial charge in [0.2, 0.25) is 5.76 Å². The quantitative estimate of drug-likeness (QED) is 0.625. The molecule has 1 aromatic rings. The maximum Gasteiger partial charge on any atom is 0.287 e. The molecule has 0 radical (unpaired) electrons. The van der Waals surface area contributed by atoms with Crippen LogP contribution in [0, 0.1) is 0 Å². The molecule has 4 nitrogen and oxygen atoms in total. The zero-order valence-electron chi connectivity index (χ0n) is 4.30. The summed E-state index contributed by atoms with van der Waals surface area (Å²) in [6.45, 7) is 0. The predicted molar refractivity (Wildman–Crippen MR) is 30.0 cm³/mol. The highest BCUT2D eigenvalue weighted by Crippen LogP contribution is 2.06. The van der Waals surface area contributed by atoms with Gasteiger partial charge in [0.1, 0.15) is 0 Å². The third-order valence-corrected chi connectivity index (χ3v) is 0.902. The number of primary amides is 1. The van der Waals surface area contributed by atoms with Gasteiger partial charge in [-0.1, -0.05) is 16.8 Å². The zero-order valence-corrected chi connectivity index (χ0v) is 5.05. The Morgan fingerprint density at radius 2 is 2.56 bits per heavy atom. The zero-order chi connectivity index (χ0) is 6.85. The second-order valence-electron chi connectivity index (χ2n) is 1.38. The number of aromatic nitrogens is 1. The normalized spacial score (nSPS) is 9.44. The third kappa shape index (κ3) is 1.20. The molecule has 0 saturated heterocycles. The Labute approximate surface area is 55.6 Å². The van der Waals surface area contributed by atoms with Gasteiger partial charge in [0.25, 0.3) is 5.91 Å². The van der Waals surface area contributed by atoms with Crippen LogP contribution in [0.4, 0.5) is 0 Å². The highest BCUT2D eigenvalue weighted by atomic mass is 35.5. The highest BCUT2D eigenvalue weighted by Gasteiger charge is 2.05. The molecule has 0 aliphatic heterocycles. The molecule has 0 spiro atoms. The van der Waals surface area contributed by atoms with Gasteiger partial charge in [0.15, 0.2) is 5.15 Å². The Balaban J connectivity index is 2.98. The molecule has 0 fully saturated rings. The summed E-state index contributed by atoms with van der Waals surface area (Å²) in [5.74, 6) is -0.700. The Hall–Kier alpha value is -1.03. The number of halogens is 1. The largest absolute Gasteiger partial charge is 0.363 e. The van der Waals surface area contributed by atoms with Gasteiger partial charge < -0.3 is 10.3 Å². The van der Waals surface area contributed by atoms with Crippen molar-refractivity contribution < 1.29 is 9.32 Å². The molecule has 5 heteroatoms. The molecule has 0 aliphatic carbocycles. The van der Waals surface area contributed by atoms with Crippen molar-refractivity contribution in [1.29, 1.82) is 0 Å². The lowest BCUT2D eigenvalue weighted by molar-refractivity contribution is 0.0965. The van der Waals surface area contributed by atoms with Crippen LogP contribution in [0.3, 0.4) is 0 Å². The van der Waals surface area contributed by atoms with Crippen molar-refractivity contribution in [2.75, 3.05) is 0 Å². The molecule has 0 atom stereocenters. The first kappa shape index (κ1) is 6.10. The van der Waals surface area contributed by atoms with Crippen molar-refractivity contribution in [2.24, 2.45) is 5.73 Å². The molecule has 9 heavy (non-hydrogen) atoms. The number of nitrogens with two attached hydrogens (primary N) is 1. The first-order valence-electron chi connectivity index (χ1n) is 2.12. The van der Waals surface area contributed by atoms with Crippen LogP contribution in [0.2, 0.25) is 5.15 Å². The maximum atomic E-state index is 10.2. The van der Waals surface area contributed by atoms with Crippen molar-refractivity contribution in [2.45, 2.75) is 0 Å². The monoisotopic (exact) mass is 146 g/mol. The molecule has 48 valence electrons. The molecule has 0 aromatic carbocycles. The van der Waals surface area contributed by atoms with E-state index in [2.05, 4.69) is 9.68 Å². The topological polar surface area (TPSA) is 69.1 Å². The van der Waals surface area contributed by atoms with E-state index in [4.69, 9.17) is 17.3 Å². The minimum atomic E-state index is -0.672. The van der Waals surface area contributed by atoms with Crippen molar-refractivity contribution >= 4 is 17.5 Å². The number of carbonyl (C=O) groups excluding carboxylic acids is 1. The molecule has 1 aromatic heterocycles. The highest BCUT2D eigenvalue weighted by molar-refractivity contribution is 6.29. The summed E-state index contributed by atoms with van der Waals surface area (Å²) in [4.78, 5) is 10.2. The number of carbonyl (C=O) groups is 1. The average molecular weight is 147 g/mol. The Bertz CT molecular complexity index is 232. The van der Waals surface area contributed by atoms with Gasteiger partial charge in [-0.3, -0.25) is 4.79 Å². The van der Waals surface area contributed by atoms with Crippen molar-refractivity contribution in [1.82, 2.24) is 5.16 Å². The van der Waals surface area contributed by atoms with Gasteiger partial charge in [-0.05, 0) is 0 Å². The first-order valence-corrected chi connectivity index (χ1v) is 2.50. The van der Waals surface area contributed by atoms with Crippen LogP contribution in [0.5, 0.6) is 0 Å². The van der Waals surface area contributed by atoms with Crippen LogP contribution in [0.25, 0.3) is 0 Å². The SMILES string of the molecule is NC(=O)c1cc(Cl)no1. The van der Waals surface area contributed by atoms with Crippen molar-refractivity contribution in [3.05, 3.63) is 17.0 Å². The van der Waals surface area contributed by atoms with Crippen LogP contribution in [0.1, 0.15) is 10.6 Å². The Morgan fingerprint density at radius 1 is 1.89 bits per heavy atom. The molecule has 0 unspecified atom stereocenters. The molecule has 2 N–H and O–H groups in total. The lowest BCUT2D eigenvalue weighted by atomic mass is 10.4. The fourth-order valence-electron chi connectivity index (χ4n) is 0.370. The predicted octanol–water partition coefficient (Wildman–Crippen LogP) is 0.427. The van der Waals surface area contributed by atoms with Gasteiger partial charge in [-0.2, -0.15) is 0 Å². The Kier molecular flexibility index (Phi) is 1.40. The lowest BCUT2D eigenvalue weighted by Gasteiger charge is -1.77. The second-order valence-corrected chi connectivity index (χ2v) is 1.77. The van der Waals surface area contributed by atoms with Gasteiger partial charge in [-0.15, -0.1) is 0 Å². The summed E-state index contributed by atoms with van der Waals surface area (Å²) < 4.78 is 4.37. The summed E-state index contributed by atoms with van der Waals surface area (Å²) in [6.07, 6.45) is 0. The smallest absolute Gasteiger partial charge is 0.287 e. The molecule has 0 saturated carbocycles. The lowest BCUT2D eigenvalue weighted by Crippen LogP contribution is -2.09. The molecule has 1 amide bonds. The molecule has 0 bridgehead atoms. The summed E-state index contributed by atoms with van der Waals surface area (Å²) in [7, 11) is 0. The van der Waals surface area contributed by atoms with Crippen LogP contribution < -0.4 is 5.73 Å². The maximum absolute atomic E-state index is 10.2. The number of rotatable bonds is 1. The van der Waals surface area contributed by atoms with Gasteiger partial charge >= 0.3 is 0 Å². The van der Waals surface area contributed by atoms with Crippen LogP contribution in [-0.2, 0) is 0 Å². The van der Waals surface area contributed by atoms with E-state index in [1.54, 1.807) is 0 Å².